The lowest BCUT2D eigenvalue weighted by Gasteiger charge is -2.34. The summed E-state index contributed by atoms with van der Waals surface area (Å²) in [6, 6.07) is 6.58. The van der Waals surface area contributed by atoms with Crippen LogP contribution in [0.15, 0.2) is 18.2 Å². The number of ether oxygens (including phenoxy) is 1. The van der Waals surface area contributed by atoms with Gasteiger partial charge in [-0.1, -0.05) is 38.8 Å². The van der Waals surface area contributed by atoms with Crippen molar-refractivity contribution >= 4 is 17.3 Å². The van der Waals surface area contributed by atoms with E-state index in [1.165, 1.54) is 19.3 Å². The number of hydrogen-bond donors (Lipinski definition) is 1. The summed E-state index contributed by atoms with van der Waals surface area (Å²) in [4.78, 5) is 0. The standard InChI is InChI=1S/C17H26ClNO/c1-4-9-20-17-8-7-14(11-15(17)18)19-16-10-12(2)5-6-13(16)3/h7-8,11-13,16,19H,4-6,9-10H2,1-3H3. The first kappa shape index (κ1) is 15.5. The predicted molar refractivity (Wildman–Crippen MR) is 86.8 cm³/mol. The van der Waals surface area contributed by atoms with Gasteiger partial charge >= 0.3 is 0 Å². The molecule has 112 valence electrons. The zero-order valence-electron chi connectivity index (χ0n) is 12.8. The molecule has 0 bridgehead atoms. The Kier molecular flexibility index (Phi) is 5.59. The van der Waals surface area contributed by atoms with Crippen molar-refractivity contribution in [1.29, 1.82) is 0 Å². The van der Waals surface area contributed by atoms with Gasteiger partial charge in [-0.05, 0) is 49.3 Å². The molecule has 0 radical (unpaired) electrons. The quantitative estimate of drug-likeness (QED) is 0.789. The Labute approximate surface area is 127 Å². The third-order valence-corrected chi connectivity index (χ3v) is 4.50. The molecule has 1 saturated carbocycles. The fraction of sp³-hybridized carbons (Fsp3) is 0.647. The second kappa shape index (κ2) is 7.21. The normalized spacial score (nSPS) is 26.3. The molecule has 20 heavy (non-hydrogen) atoms. The van der Waals surface area contributed by atoms with E-state index in [1.807, 2.05) is 12.1 Å². The van der Waals surface area contributed by atoms with Crippen LogP contribution in [0.25, 0.3) is 0 Å². The lowest BCUT2D eigenvalue weighted by Crippen LogP contribution is -2.33. The van der Waals surface area contributed by atoms with E-state index in [0.717, 1.165) is 29.7 Å². The Morgan fingerprint density at radius 1 is 1.30 bits per heavy atom. The lowest BCUT2D eigenvalue weighted by molar-refractivity contribution is 0.280. The van der Waals surface area contributed by atoms with Crippen LogP contribution in [0.3, 0.4) is 0 Å². The second-order valence-electron chi connectivity index (χ2n) is 6.14. The minimum absolute atomic E-state index is 0.553. The number of benzene rings is 1. The SMILES string of the molecule is CCCOc1ccc(NC2CC(C)CCC2C)cc1Cl. The van der Waals surface area contributed by atoms with Crippen molar-refractivity contribution in [2.45, 2.75) is 52.5 Å². The summed E-state index contributed by atoms with van der Waals surface area (Å²) in [5.74, 6) is 2.32. The van der Waals surface area contributed by atoms with E-state index in [2.05, 4.69) is 32.2 Å². The molecule has 1 aromatic rings. The van der Waals surface area contributed by atoms with Crippen LogP contribution in [-0.2, 0) is 0 Å². The van der Waals surface area contributed by atoms with Gasteiger partial charge in [0.1, 0.15) is 5.75 Å². The third-order valence-electron chi connectivity index (χ3n) is 4.20. The molecule has 0 aliphatic heterocycles. The highest BCUT2D eigenvalue weighted by molar-refractivity contribution is 6.32. The van der Waals surface area contributed by atoms with Crippen molar-refractivity contribution in [3.8, 4) is 5.75 Å². The molecule has 1 fully saturated rings. The van der Waals surface area contributed by atoms with E-state index >= 15 is 0 Å². The average Bonchev–Trinajstić information content (AvgIpc) is 2.42. The van der Waals surface area contributed by atoms with Crippen LogP contribution in [0.2, 0.25) is 5.02 Å². The van der Waals surface area contributed by atoms with Gasteiger partial charge in [0.2, 0.25) is 0 Å². The van der Waals surface area contributed by atoms with Gasteiger partial charge in [-0.2, -0.15) is 0 Å². The Morgan fingerprint density at radius 3 is 2.80 bits per heavy atom. The second-order valence-corrected chi connectivity index (χ2v) is 6.55. The number of nitrogens with one attached hydrogen (secondary N) is 1. The highest BCUT2D eigenvalue weighted by Crippen LogP contribution is 2.33. The molecular weight excluding hydrogens is 270 g/mol. The van der Waals surface area contributed by atoms with Crippen LogP contribution < -0.4 is 10.1 Å². The number of hydrogen-bond acceptors (Lipinski definition) is 2. The summed E-state index contributed by atoms with van der Waals surface area (Å²) in [5.41, 5.74) is 1.10. The summed E-state index contributed by atoms with van der Waals surface area (Å²) in [6.07, 6.45) is 4.90. The molecule has 0 aromatic heterocycles. The van der Waals surface area contributed by atoms with E-state index in [-0.39, 0.29) is 0 Å². The molecule has 0 saturated heterocycles. The van der Waals surface area contributed by atoms with Gasteiger partial charge in [0, 0.05) is 11.7 Å². The molecular formula is C17H26ClNO. The van der Waals surface area contributed by atoms with Crippen molar-refractivity contribution in [3.63, 3.8) is 0 Å². The van der Waals surface area contributed by atoms with E-state index < -0.39 is 0 Å². The molecule has 1 aromatic carbocycles. The lowest BCUT2D eigenvalue weighted by atomic mass is 9.80. The Hall–Kier alpha value is -0.890. The van der Waals surface area contributed by atoms with Crippen molar-refractivity contribution < 1.29 is 4.74 Å². The van der Waals surface area contributed by atoms with Crippen LogP contribution in [-0.4, -0.2) is 12.6 Å². The zero-order chi connectivity index (χ0) is 14.5. The first-order valence-corrected chi connectivity index (χ1v) is 8.16. The van der Waals surface area contributed by atoms with Gasteiger partial charge in [0.25, 0.3) is 0 Å². The number of halogens is 1. The fourth-order valence-corrected chi connectivity index (χ4v) is 3.10. The predicted octanol–water partition coefficient (Wildman–Crippen LogP) is 5.37. The molecule has 2 nitrogen and oxygen atoms in total. The molecule has 3 atom stereocenters. The van der Waals surface area contributed by atoms with Gasteiger partial charge in [0.15, 0.2) is 0 Å². The van der Waals surface area contributed by atoms with Crippen LogP contribution in [0.1, 0.15) is 46.5 Å². The van der Waals surface area contributed by atoms with Gasteiger partial charge in [-0.15, -0.1) is 0 Å². The highest BCUT2D eigenvalue weighted by atomic mass is 35.5. The molecule has 0 amide bonds. The zero-order valence-corrected chi connectivity index (χ0v) is 13.5. The van der Waals surface area contributed by atoms with E-state index in [1.54, 1.807) is 0 Å². The van der Waals surface area contributed by atoms with Crippen LogP contribution in [0.5, 0.6) is 5.75 Å². The maximum Gasteiger partial charge on any atom is 0.138 e. The average molecular weight is 296 g/mol. The van der Waals surface area contributed by atoms with Crippen molar-refractivity contribution in [1.82, 2.24) is 0 Å². The summed E-state index contributed by atoms with van der Waals surface area (Å²) in [5, 5.41) is 4.34. The Balaban J connectivity index is 2.00. The molecule has 0 heterocycles. The molecule has 1 aliphatic rings. The number of rotatable bonds is 5. The maximum absolute atomic E-state index is 6.28. The van der Waals surface area contributed by atoms with Gasteiger partial charge in [-0.25, -0.2) is 0 Å². The molecule has 3 heteroatoms. The molecule has 2 rings (SSSR count). The maximum atomic E-state index is 6.28. The molecule has 3 unspecified atom stereocenters. The summed E-state index contributed by atoms with van der Waals surface area (Å²) >= 11 is 6.28. The molecule has 0 spiro atoms. The van der Waals surface area contributed by atoms with Crippen molar-refractivity contribution in [3.05, 3.63) is 23.2 Å². The van der Waals surface area contributed by atoms with Crippen LogP contribution >= 0.6 is 11.6 Å². The minimum atomic E-state index is 0.553. The highest BCUT2D eigenvalue weighted by Gasteiger charge is 2.25. The Morgan fingerprint density at radius 2 is 2.10 bits per heavy atom. The van der Waals surface area contributed by atoms with E-state index in [4.69, 9.17) is 16.3 Å². The first-order valence-electron chi connectivity index (χ1n) is 7.79. The van der Waals surface area contributed by atoms with Crippen molar-refractivity contribution in [2.75, 3.05) is 11.9 Å². The van der Waals surface area contributed by atoms with E-state index in [0.29, 0.717) is 17.7 Å². The van der Waals surface area contributed by atoms with Crippen molar-refractivity contribution in [2.24, 2.45) is 11.8 Å². The third kappa shape index (κ3) is 4.05. The van der Waals surface area contributed by atoms with Gasteiger partial charge < -0.3 is 10.1 Å². The van der Waals surface area contributed by atoms with Gasteiger partial charge in [0.05, 0.1) is 11.6 Å². The fourth-order valence-electron chi connectivity index (χ4n) is 2.87. The summed E-state index contributed by atoms with van der Waals surface area (Å²) in [7, 11) is 0. The minimum Gasteiger partial charge on any atom is -0.492 e. The molecule has 1 N–H and O–H groups in total. The van der Waals surface area contributed by atoms with E-state index in [9.17, 15) is 0 Å². The first-order chi connectivity index (χ1) is 9.60. The van der Waals surface area contributed by atoms with Gasteiger partial charge in [-0.3, -0.25) is 0 Å². The van der Waals surface area contributed by atoms with Crippen LogP contribution in [0, 0.1) is 11.8 Å². The van der Waals surface area contributed by atoms with Crippen LogP contribution in [0.4, 0.5) is 5.69 Å². The largest absolute Gasteiger partial charge is 0.492 e. The summed E-state index contributed by atoms with van der Waals surface area (Å²) < 4.78 is 5.61. The molecule has 1 aliphatic carbocycles. The smallest absolute Gasteiger partial charge is 0.138 e. The number of anilines is 1. The Bertz CT molecular complexity index is 435. The summed E-state index contributed by atoms with van der Waals surface area (Å²) in [6.45, 7) is 7.48. The topological polar surface area (TPSA) is 21.3 Å². The monoisotopic (exact) mass is 295 g/mol.